The molecular weight excluding hydrogens is 267 g/mol. The van der Waals surface area contributed by atoms with Crippen LogP contribution in [0.4, 0.5) is 0 Å². The van der Waals surface area contributed by atoms with Crippen LogP contribution in [0, 0.1) is 0 Å². The molecule has 0 spiro atoms. The van der Waals surface area contributed by atoms with Gasteiger partial charge >= 0.3 is 51.5 Å². The molecule has 0 saturated heterocycles. The van der Waals surface area contributed by atoms with E-state index in [1.54, 1.807) is 12.1 Å². The number of phenols is 1. The van der Waals surface area contributed by atoms with Gasteiger partial charge in [0.2, 0.25) is 0 Å². The molecule has 5 heteroatoms. The molecule has 0 unspecified atom stereocenters. The molecular formula is C8H11ClO3Sr. The minimum Gasteiger partial charge on any atom is -1.00 e. The minimum absolute atomic E-state index is 0. The van der Waals surface area contributed by atoms with Gasteiger partial charge in [0.05, 0.1) is 7.11 Å². The van der Waals surface area contributed by atoms with Gasteiger partial charge < -0.3 is 12.7 Å². The maximum atomic E-state index is 10.9. The van der Waals surface area contributed by atoms with Gasteiger partial charge in [-0.15, -0.1) is 12.4 Å². The van der Waals surface area contributed by atoms with Crippen molar-refractivity contribution >= 4 is 63.9 Å². The van der Waals surface area contributed by atoms with E-state index in [1.807, 2.05) is 0 Å². The fourth-order valence-corrected chi connectivity index (χ4v) is 0.756. The van der Waals surface area contributed by atoms with E-state index in [9.17, 15) is 4.79 Å². The number of carbonyl (C=O) groups excluding carboxylic acids is 1. The molecule has 1 rings (SSSR count). The zero-order chi connectivity index (χ0) is 8.27. The molecule has 0 bridgehead atoms. The Morgan fingerprint density at radius 2 is 2.00 bits per heavy atom. The number of para-hydroxylation sites is 1. The van der Waals surface area contributed by atoms with Gasteiger partial charge in [-0.05, 0) is 12.1 Å². The summed E-state index contributed by atoms with van der Waals surface area (Å²) in [6.45, 7) is 0. The largest absolute Gasteiger partial charge is 2.00 e. The first-order valence-corrected chi connectivity index (χ1v) is 3.12. The molecule has 0 aliphatic carbocycles. The number of benzene rings is 1. The number of hydrogen-bond acceptors (Lipinski definition) is 3. The molecule has 0 heterocycles. The van der Waals surface area contributed by atoms with Gasteiger partial charge in [0, 0.05) is 0 Å². The van der Waals surface area contributed by atoms with Crippen molar-refractivity contribution in [2.45, 2.75) is 0 Å². The second-order valence-corrected chi connectivity index (χ2v) is 2.01. The van der Waals surface area contributed by atoms with Crippen LogP contribution >= 0.6 is 12.4 Å². The van der Waals surface area contributed by atoms with Gasteiger partial charge in [-0.25, -0.2) is 4.79 Å². The van der Waals surface area contributed by atoms with Crippen molar-refractivity contribution in [3.8, 4) is 5.75 Å². The average Bonchev–Trinajstić information content (AvgIpc) is 2.04. The summed E-state index contributed by atoms with van der Waals surface area (Å²) < 4.78 is 4.42. The average molecular weight is 278 g/mol. The van der Waals surface area contributed by atoms with Gasteiger partial charge in [-0.1, -0.05) is 12.1 Å². The standard InChI is InChI=1S/C8H8O3.ClH.Sr.2H/c1-11-8(10)6-4-2-3-5-7(6)9;;;;/h2-5,9H,1H3;1H;;;/q;;+2;2*-1. The normalized spacial score (nSPS) is 7.77. The Labute approximate surface area is 123 Å². The maximum absolute atomic E-state index is 10.9. The van der Waals surface area contributed by atoms with Crippen molar-refractivity contribution in [3.05, 3.63) is 29.8 Å². The maximum Gasteiger partial charge on any atom is 2.00 e. The van der Waals surface area contributed by atoms with E-state index in [0.717, 1.165) is 0 Å². The third-order valence-corrected chi connectivity index (χ3v) is 1.31. The van der Waals surface area contributed by atoms with E-state index < -0.39 is 5.97 Å². The molecule has 1 N–H and O–H groups in total. The Kier molecular flexibility index (Phi) is 9.24. The number of halogens is 1. The topological polar surface area (TPSA) is 46.5 Å². The Hall–Kier alpha value is 0.261. The van der Waals surface area contributed by atoms with Crippen LogP contribution in [0.2, 0.25) is 0 Å². The van der Waals surface area contributed by atoms with Crippen molar-refractivity contribution in [2.75, 3.05) is 7.11 Å². The summed E-state index contributed by atoms with van der Waals surface area (Å²) >= 11 is 0. The Bertz CT molecular complexity index is 286. The number of hydrogen-bond donors (Lipinski definition) is 1. The van der Waals surface area contributed by atoms with Crippen LogP contribution in [-0.2, 0) is 4.74 Å². The number of rotatable bonds is 1. The summed E-state index contributed by atoms with van der Waals surface area (Å²) in [5, 5.41) is 9.11. The molecule has 13 heavy (non-hydrogen) atoms. The second-order valence-electron chi connectivity index (χ2n) is 2.01. The third-order valence-electron chi connectivity index (χ3n) is 1.31. The van der Waals surface area contributed by atoms with Crippen molar-refractivity contribution in [1.29, 1.82) is 0 Å². The quantitative estimate of drug-likeness (QED) is 0.624. The molecule has 0 atom stereocenters. The third kappa shape index (κ3) is 4.33. The van der Waals surface area contributed by atoms with Crippen LogP contribution in [0.1, 0.15) is 13.2 Å². The van der Waals surface area contributed by atoms with E-state index in [4.69, 9.17) is 5.11 Å². The van der Waals surface area contributed by atoms with Crippen molar-refractivity contribution in [3.63, 3.8) is 0 Å². The Morgan fingerprint density at radius 3 is 2.46 bits per heavy atom. The van der Waals surface area contributed by atoms with Gasteiger partial charge in [0.25, 0.3) is 0 Å². The van der Waals surface area contributed by atoms with E-state index in [-0.39, 0.29) is 72.1 Å². The summed E-state index contributed by atoms with van der Waals surface area (Å²) in [7, 11) is 1.27. The minimum atomic E-state index is -0.525. The predicted octanol–water partition coefficient (Wildman–Crippen LogP) is 1.44. The van der Waals surface area contributed by atoms with Crippen LogP contribution in [0.3, 0.4) is 0 Å². The first-order chi connectivity index (χ1) is 5.25. The number of phenolic OH excluding ortho intramolecular Hbond substituents is 1. The fraction of sp³-hybridized carbons (Fsp3) is 0.125. The SMILES string of the molecule is COC(=O)c1ccccc1O.Cl.[H-].[H-].[Sr+2]. The number of esters is 1. The van der Waals surface area contributed by atoms with Gasteiger partial charge in [-0.2, -0.15) is 0 Å². The van der Waals surface area contributed by atoms with Gasteiger partial charge in [-0.3, -0.25) is 0 Å². The van der Waals surface area contributed by atoms with Crippen molar-refractivity contribution in [1.82, 2.24) is 0 Å². The number of ether oxygens (including phenoxy) is 1. The van der Waals surface area contributed by atoms with E-state index in [0.29, 0.717) is 0 Å². The molecule has 70 valence electrons. The number of aromatic hydroxyl groups is 1. The molecule has 0 amide bonds. The van der Waals surface area contributed by atoms with E-state index in [1.165, 1.54) is 19.2 Å². The molecule has 0 fully saturated rings. The Balaban J connectivity index is -0.000000151. The summed E-state index contributed by atoms with van der Waals surface area (Å²) in [5.74, 6) is -0.581. The molecule has 0 saturated carbocycles. The van der Waals surface area contributed by atoms with Crippen molar-refractivity contribution < 1.29 is 17.5 Å². The summed E-state index contributed by atoms with van der Waals surface area (Å²) in [4.78, 5) is 10.9. The van der Waals surface area contributed by atoms with Gasteiger partial charge in [0.1, 0.15) is 11.3 Å². The van der Waals surface area contributed by atoms with Crippen LogP contribution in [0.25, 0.3) is 0 Å². The zero-order valence-electron chi connectivity index (χ0n) is 9.19. The number of carbonyl (C=O) groups is 1. The van der Waals surface area contributed by atoms with E-state index in [2.05, 4.69) is 4.74 Å². The predicted molar refractivity (Wildman–Crippen MR) is 54.7 cm³/mol. The van der Waals surface area contributed by atoms with Crippen LogP contribution in [0.5, 0.6) is 5.75 Å². The fourth-order valence-electron chi connectivity index (χ4n) is 0.756. The molecule has 0 radical (unpaired) electrons. The summed E-state index contributed by atoms with van der Waals surface area (Å²) in [5.41, 5.74) is 0.190. The first kappa shape index (κ1) is 15.7. The molecule has 3 nitrogen and oxygen atoms in total. The number of methoxy groups -OCH3 is 1. The van der Waals surface area contributed by atoms with Gasteiger partial charge in [0.15, 0.2) is 0 Å². The molecule has 0 aliphatic rings. The van der Waals surface area contributed by atoms with Crippen LogP contribution in [0.15, 0.2) is 24.3 Å². The molecule has 0 aromatic heterocycles. The summed E-state index contributed by atoms with van der Waals surface area (Å²) in [6.07, 6.45) is 0. The molecule has 1 aromatic carbocycles. The second kappa shape index (κ2) is 7.64. The molecule has 1 aromatic rings. The van der Waals surface area contributed by atoms with Crippen LogP contribution < -0.4 is 0 Å². The van der Waals surface area contributed by atoms with E-state index >= 15 is 0 Å². The summed E-state index contributed by atoms with van der Waals surface area (Å²) in [6, 6.07) is 6.24. The smallest absolute Gasteiger partial charge is 1.00 e. The van der Waals surface area contributed by atoms with Crippen LogP contribution in [-0.4, -0.2) is 63.7 Å². The first-order valence-electron chi connectivity index (χ1n) is 3.12. The Morgan fingerprint density at radius 1 is 1.46 bits per heavy atom. The monoisotopic (exact) mass is 278 g/mol. The van der Waals surface area contributed by atoms with Crippen molar-refractivity contribution in [2.24, 2.45) is 0 Å². The molecule has 0 aliphatic heterocycles. The zero-order valence-corrected chi connectivity index (χ0v) is 11.5.